The number of hydrogen-bond acceptors (Lipinski definition) is 1. The van der Waals surface area contributed by atoms with Gasteiger partial charge in [-0.3, -0.25) is 0 Å². The van der Waals surface area contributed by atoms with E-state index in [0.29, 0.717) is 15.6 Å². The zero-order valence-corrected chi connectivity index (χ0v) is 8.81. The van der Waals surface area contributed by atoms with Crippen molar-refractivity contribution in [2.45, 2.75) is 13.0 Å². The predicted octanol–water partition coefficient (Wildman–Crippen LogP) is 3.20. The fourth-order valence-electron chi connectivity index (χ4n) is 0.967. The van der Waals surface area contributed by atoms with Gasteiger partial charge in [-0.2, -0.15) is 0 Å². The lowest BCUT2D eigenvalue weighted by Crippen LogP contribution is -1.98. The number of benzene rings is 1. The summed E-state index contributed by atoms with van der Waals surface area (Å²) in [7, 11) is 0. The van der Waals surface area contributed by atoms with E-state index >= 15 is 0 Å². The molecule has 0 fully saturated rings. The van der Waals surface area contributed by atoms with E-state index in [1.165, 1.54) is 6.07 Å². The van der Waals surface area contributed by atoms with Crippen molar-refractivity contribution in [1.29, 1.82) is 0 Å². The Hall–Kier alpha value is -0.670. The van der Waals surface area contributed by atoms with E-state index in [1.807, 2.05) is 0 Å². The molecule has 3 heteroatoms. The van der Waals surface area contributed by atoms with Crippen LogP contribution in [0.15, 0.2) is 34.8 Å². The summed E-state index contributed by atoms with van der Waals surface area (Å²) in [6.45, 7) is 5.35. The average Bonchev–Trinajstić information content (AvgIpc) is 2.08. The van der Waals surface area contributed by atoms with Crippen molar-refractivity contribution in [2.24, 2.45) is 0 Å². The third-order valence-electron chi connectivity index (χ3n) is 1.73. The highest BCUT2D eigenvalue weighted by Gasteiger charge is 2.09. The summed E-state index contributed by atoms with van der Waals surface area (Å²) >= 11 is 3.05. The molecule has 0 aromatic heterocycles. The van der Waals surface area contributed by atoms with Crippen molar-refractivity contribution in [1.82, 2.24) is 0 Å². The zero-order chi connectivity index (χ0) is 10.0. The monoisotopic (exact) mass is 244 g/mol. The number of halogens is 2. The van der Waals surface area contributed by atoms with E-state index in [0.717, 1.165) is 0 Å². The maximum absolute atomic E-state index is 12.8. The number of aliphatic hydroxyl groups excluding tert-OH is 1. The molecule has 70 valence electrons. The van der Waals surface area contributed by atoms with Crippen molar-refractivity contribution >= 4 is 15.9 Å². The second-order valence-electron chi connectivity index (χ2n) is 2.92. The van der Waals surface area contributed by atoms with Gasteiger partial charge in [-0.15, -0.1) is 0 Å². The molecule has 0 aliphatic heterocycles. The van der Waals surface area contributed by atoms with E-state index < -0.39 is 6.10 Å². The molecule has 13 heavy (non-hydrogen) atoms. The summed E-state index contributed by atoms with van der Waals surface area (Å²) in [4.78, 5) is 0. The van der Waals surface area contributed by atoms with Crippen molar-refractivity contribution in [3.63, 3.8) is 0 Å². The lowest BCUT2D eigenvalue weighted by molar-refractivity contribution is 0.216. The highest BCUT2D eigenvalue weighted by molar-refractivity contribution is 9.10. The Balaban J connectivity index is 3.03. The van der Waals surface area contributed by atoms with E-state index in [9.17, 15) is 9.50 Å². The van der Waals surface area contributed by atoms with Crippen molar-refractivity contribution in [2.75, 3.05) is 0 Å². The highest BCUT2D eigenvalue weighted by Crippen LogP contribution is 2.24. The lowest BCUT2D eigenvalue weighted by atomic mass is 10.0. The lowest BCUT2D eigenvalue weighted by Gasteiger charge is -2.10. The van der Waals surface area contributed by atoms with Gasteiger partial charge in [0, 0.05) is 0 Å². The van der Waals surface area contributed by atoms with Gasteiger partial charge in [0.2, 0.25) is 0 Å². The molecule has 0 saturated carbocycles. The molecule has 1 rings (SSSR count). The van der Waals surface area contributed by atoms with Crippen LogP contribution in [0.5, 0.6) is 0 Å². The summed E-state index contributed by atoms with van der Waals surface area (Å²) in [5, 5.41) is 9.57. The first kappa shape index (κ1) is 10.4. The summed E-state index contributed by atoms with van der Waals surface area (Å²) in [5.74, 6) is -0.335. The van der Waals surface area contributed by atoms with Crippen LogP contribution in [0, 0.1) is 5.82 Å². The minimum absolute atomic E-state index is 0.335. The van der Waals surface area contributed by atoms with Gasteiger partial charge in [0.1, 0.15) is 5.82 Å². The van der Waals surface area contributed by atoms with Crippen LogP contribution in [0.3, 0.4) is 0 Å². The molecule has 0 saturated heterocycles. The second-order valence-corrected chi connectivity index (χ2v) is 3.78. The first-order chi connectivity index (χ1) is 6.02. The molecule has 0 heterocycles. The van der Waals surface area contributed by atoms with Crippen molar-refractivity contribution in [3.8, 4) is 0 Å². The normalized spacial score (nSPS) is 12.6. The zero-order valence-electron chi connectivity index (χ0n) is 7.22. The first-order valence-electron chi connectivity index (χ1n) is 3.81. The van der Waals surface area contributed by atoms with Crippen LogP contribution < -0.4 is 0 Å². The van der Waals surface area contributed by atoms with E-state index in [4.69, 9.17) is 0 Å². The molecule has 0 aliphatic rings. The predicted molar refractivity (Wildman–Crippen MR) is 53.9 cm³/mol. The number of aliphatic hydroxyl groups is 1. The first-order valence-corrected chi connectivity index (χ1v) is 4.60. The molecule has 1 aromatic rings. The minimum Gasteiger partial charge on any atom is -0.384 e. The Morgan fingerprint density at radius 1 is 1.62 bits per heavy atom. The van der Waals surface area contributed by atoms with Crippen LogP contribution >= 0.6 is 15.9 Å². The highest BCUT2D eigenvalue weighted by atomic mass is 79.9. The average molecular weight is 245 g/mol. The Morgan fingerprint density at radius 2 is 2.23 bits per heavy atom. The number of hydrogen-bond donors (Lipinski definition) is 1. The minimum atomic E-state index is -0.725. The Morgan fingerprint density at radius 3 is 2.69 bits per heavy atom. The van der Waals surface area contributed by atoms with E-state index in [1.54, 1.807) is 19.1 Å². The molecule has 0 radical (unpaired) electrons. The van der Waals surface area contributed by atoms with Gasteiger partial charge < -0.3 is 5.11 Å². The van der Waals surface area contributed by atoms with Crippen LogP contribution in [0.2, 0.25) is 0 Å². The topological polar surface area (TPSA) is 20.2 Å². The summed E-state index contributed by atoms with van der Waals surface area (Å²) in [6, 6.07) is 4.40. The molecule has 1 atom stereocenters. The summed E-state index contributed by atoms with van der Waals surface area (Å²) in [6.07, 6.45) is -0.725. The molecule has 0 amide bonds. The van der Waals surface area contributed by atoms with Gasteiger partial charge in [0.15, 0.2) is 0 Å². The second kappa shape index (κ2) is 4.03. The van der Waals surface area contributed by atoms with E-state index in [2.05, 4.69) is 22.5 Å². The van der Waals surface area contributed by atoms with Gasteiger partial charge in [-0.1, -0.05) is 12.6 Å². The van der Waals surface area contributed by atoms with Gasteiger partial charge in [-0.25, -0.2) is 4.39 Å². The standard InChI is InChI=1S/C10H10BrFO/c1-6(2)10(13)7-3-4-9(12)8(11)5-7/h3-5,10,13H,1H2,2H3. The molecule has 1 unspecified atom stereocenters. The molecule has 0 aliphatic carbocycles. The third kappa shape index (κ3) is 2.39. The maximum atomic E-state index is 12.8. The summed E-state index contributed by atoms with van der Waals surface area (Å²) < 4.78 is 13.2. The largest absolute Gasteiger partial charge is 0.384 e. The maximum Gasteiger partial charge on any atom is 0.137 e. The van der Waals surface area contributed by atoms with Gasteiger partial charge in [0.25, 0.3) is 0 Å². The van der Waals surface area contributed by atoms with Crippen LogP contribution in [-0.4, -0.2) is 5.11 Å². The Kier molecular flexibility index (Phi) is 3.22. The molecular formula is C10H10BrFO. The molecule has 1 N–H and O–H groups in total. The number of rotatable bonds is 2. The Labute approximate surface area is 85.0 Å². The molecule has 1 nitrogen and oxygen atoms in total. The Bertz CT molecular complexity index is 336. The van der Waals surface area contributed by atoms with Crippen LogP contribution in [-0.2, 0) is 0 Å². The summed E-state index contributed by atoms with van der Waals surface area (Å²) in [5.41, 5.74) is 1.28. The molecule has 1 aromatic carbocycles. The quantitative estimate of drug-likeness (QED) is 0.793. The van der Waals surface area contributed by atoms with E-state index in [-0.39, 0.29) is 5.82 Å². The van der Waals surface area contributed by atoms with Crippen LogP contribution in [0.25, 0.3) is 0 Å². The molecule has 0 bridgehead atoms. The fourth-order valence-corrected chi connectivity index (χ4v) is 1.36. The molecule has 0 spiro atoms. The van der Waals surface area contributed by atoms with Crippen molar-refractivity contribution < 1.29 is 9.50 Å². The van der Waals surface area contributed by atoms with Crippen LogP contribution in [0.4, 0.5) is 4.39 Å². The van der Waals surface area contributed by atoms with Gasteiger partial charge in [-0.05, 0) is 46.1 Å². The smallest absolute Gasteiger partial charge is 0.137 e. The van der Waals surface area contributed by atoms with Crippen LogP contribution in [0.1, 0.15) is 18.6 Å². The fraction of sp³-hybridized carbons (Fsp3) is 0.200. The van der Waals surface area contributed by atoms with Crippen molar-refractivity contribution in [3.05, 3.63) is 46.2 Å². The third-order valence-corrected chi connectivity index (χ3v) is 2.33. The van der Waals surface area contributed by atoms with Gasteiger partial charge >= 0.3 is 0 Å². The van der Waals surface area contributed by atoms with Gasteiger partial charge in [0.05, 0.1) is 10.6 Å². The molecular weight excluding hydrogens is 235 g/mol. The SMILES string of the molecule is C=C(C)C(O)c1ccc(F)c(Br)c1.